The number of carbonyl (C=O) groups is 2. The molecule has 2 amide bonds. The van der Waals surface area contributed by atoms with Gasteiger partial charge in [-0.3, -0.25) is 9.59 Å². The summed E-state index contributed by atoms with van der Waals surface area (Å²) in [5.41, 5.74) is 13.4. The van der Waals surface area contributed by atoms with Gasteiger partial charge in [0.15, 0.2) is 0 Å². The lowest BCUT2D eigenvalue weighted by Crippen LogP contribution is -2.40. The molecule has 1 fully saturated rings. The Morgan fingerprint density at radius 1 is 1.24 bits per heavy atom. The number of nitrogens with two attached hydrogens (primary N) is 2. The average Bonchev–Trinajstić information content (AvgIpc) is 3.18. The van der Waals surface area contributed by atoms with Crippen molar-refractivity contribution in [3.63, 3.8) is 0 Å². The molecule has 0 aromatic heterocycles. The molecule has 0 radical (unpaired) electrons. The molecule has 0 aliphatic heterocycles. The van der Waals surface area contributed by atoms with Crippen molar-refractivity contribution in [2.75, 3.05) is 18.0 Å². The van der Waals surface area contributed by atoms with Crippen LogP contribution in [0.25, 0.3) is 0 Å². The number of nitrogens with zero attached hydrogens (tertiary/aromatic N) is 1. The van der Waals surface area contributed by atoms with Crippen molar-refractivity contribution in [1.82, 2.24) is 5.32 Å². The zero-order valence-electron chi connectivity index (χ0n) is 12.3. The summed E-state index contributed by atoms with van der Waals surface area (Å²) in [4.78, 5) is 23.9. The van der Waals surface area contributed by atoms with Crippen molar-refractivity contribution in [2.45, 2.75) is 32.4 Å². The maximum absolute atomic E-state index is 11.1. The number of primary amides is 2. The minimum absolute atomic E-state index is 0.0244. The molecule has 114 valence electrons. The topological polar surface area (TPSA) is 101 Å². The highest BCUT2D eigenvalue weighted by Crippen LogP contribution is 2.23. The van der Waals surface area contributed by atoms with E-state index in [1.807, 2.05) is 19.1 Å². The number of benzene rings is 1. The van der Waals surface area contributed by atoms with Gasteiger partial charge in [-0.1, -0.05) is 12.1 Å². The summed E-state index contributed by atoms with van der Waals surface area (Å²) in [6, 6.07) is 6.61. The van der Waals surface area contributed by atoms with Gasteiger partial charge in [0.05, 0.1) is 13.1 Å². The van der Waals surface area contributed by atoms with Crippen LogP contribution < -0.4 is 21.7 Å². The first kappa shape index (κ1) is 15.3. The van der Waals surface area contributed by atoms with E-state index in [9.17, 15) is 9.59 Å². The van der Waals surface area contributed by atoms with Crippen molar-refractivity contribution in [3.05, 3.63) is 29.3 Å². The van der Waals surface area contributed by atoms with E-state index in [1.165, 1.54) is 18.4 Å². The van der Waals surface area contributed by atoms with Crippen LogP contribution in [0.5, 0.6) is 0 Å². The van der Waals surface area contributed by atoms with E-state index in [2.05, 4.69) is 11.4 Å². The summed E-state index contributed by atoms with van der Waals surface area (Å²) in [6.45, 7) is 2.73. The van der Waals surface area contributed by atoms with Crippen molar-refractivity contribution >= 4 is 17.5 Å². The number of carbonyl (C=O) groups excluding carboxylic acids is 2. The highest BCUT2D eigenvalue weighted by molar-refractivity contribution is 5.85. The maximum Gasteiger partial charge on any atom is 0.236 e. The summed E-state index contributed by atoms with van der Waals surface area (Å²) >= 11 is 0. The van der Waals surface area contributed by atoms with Crippen molar-refractivity contribution in [3.8, 4) is 0 Å². The lowest BCUT2D eigenvalue weighted by molar-refractivity contribution is -0.117. The van der Waals surface area contributed by atoms with E-state index < -0.39 is 11.8 Å². The molecule has 1 saturated carbocycles. The molecule has 5 N–H and O–H groups in total. The SMILES string of the molecule is Cc1cc(CNC2CC2)ccc1N(CC(N)=O)CC(N)=O. The fourth-order valence-electron chi connectivity index (χ4n) is 2.33. The minimum Gasteiger partial charge on any atom is -0.368 e. The highest BCUT2D eigenvalue weighted by atomic mass is 16.2. The molecule has 0 atom stereocenters. The van der Waals surface area contributed by atoms with E-state index in [-0.39, 0.29) is 13.1 Å². The van der Waals surface area contributed by atoms with Gasteiger partial charge in [0.1, 0.15) is 0 Å². The normalized spacial score (nSPS) is 14.0. The maximum atomic E-state index is 11.1. The van der Waals surface area contributed by atoms with Crippen LogP contribution in [0.3, 0.4) is 0 Å². The first-order valence-corrected chi connectivity index (χ1v) is 7.10. The number of hydrogen-bond acceptors (Lipinski definition) is 4. The highest BCUT2D eigenvalue weighted by Gasteiger charge is 2.20. The first-order valence-electron chi connectivity index (χ1n) is 7.10. The molecule has 0 unspecified atom stereocenters. The Kier molecular flexibility index (Phi) is 4.80. The molecule has 1 aliphatic carbocycles. The van der Waals surface area contributed by atoms with Gasteiger partial charge in [-0.2, -0.15) is 0 Å². The van der Waals surface area contributed by atoms with Gasteiger partial charge in [-0.05, 0) is 37.0 Å². The number of aryl methyl sites for hydroxylation is 1. The quantitative estimate of drug-likeness (QED) is 0.628. The second-order valence-corrected chi connectivity index (χ2v) is 5.56. The zero-order chi connectivity index (χ0) is 15.4. The number of rotatable bonds is 8. The predicted molar refractivity (Wildman–Crippen MR) is 81.6 cm³/mol. The lowest BCUT2D eigenvalue weighted by atomic mass is 10.1. The Hall–Kier alpha value is -2.08. The van der Waals surface area contributed by atoms with Crippen LogP contribution in [-0.4, -0.2) is 30.9 Å². The summed E-state index contributed by atoms with van der Waals surface area (Å²) in [7, 11) is 0. The number of anilines is 1. The summed E-state index contributed by atoms with van der Waals surface area (Å²) in [6.07, 6.45) is 2.50. The van der Waals surface area contributed by atoms with Gasteiger partial charge in [-0.25, -0.2) is 0 Å². The van der Waals surface area contributed by atoms with Crippen LogP contribution in [0, 0.1) is 6.92 Å². The summed E-state index contributed by atoms with van der Waals surface area (Å²) < 4.78 is 0. The third-order valence-corrected chi connectivity index (χ3v) is 3.47. The number of amides is 2. The molecule has 0 heterocycles. The molecular weight excluding hydrogens is 268 g/mol. The Labute approximate surface area is 124 Å². The van der Waals surface area contributed by atoms with E-state index in [4.69, 9.17) is 11.5 Å². The summed E-state index contributed by atoms with van der Waals surface area (Å²) in [5.74, 6) is -0.981. The molecule has 6 heteroatoms. The van der Waals surface area contributed by atoms with Gasteiger partial charge < -0.3 is 21.7 Å². The molecular formula is C15H22N4O2. The Bertz CT molecular complexity index is 524. The van der Waals surface area contributed by atoms with Gasteiger partial charge in [0.2, 0.25) is 11.8 Å². The van der Waals surface area contributed by atoms with Crippen molar-refractivity contribution < 1.29 is 9.59 Å². The zero-order valence-corrected chi connectivity index (χ0v) is 12.3. The fraction of sp³-hybridized carbons (Fsp3) is 0.467. The Morgan fingerprint density at radius 3 is 2.33 bits per heavy atom. The van der Waals surface area contributed by atoms with Gasteiger partial charge in [-0.15, -0.1) is 0 Å². The van der Waals surface area contributed by atoms with Crippen LogP contribution in [0.4, 0.5) is 5.69 Å². The van der Waals surface area contributed by atoms with E-state index >= 15 is 0 Å². The van der Waals surface area contributed by atoms with Crippen LogP contribution in [0.15, 0.2) is 18.2 Å². The molecule has 21 heavy (non-hydrogen) atoms. The van der Waals surface area contributed by atoms with Crippen LogP contribution >= 0.6 is 0 Å². The van der Waals surface area contributed by atoms with Crippen molar-refractivity contribution in [1.29, 1.82) is 0 Å². The van der Waals surface area contributed by atoms with Crippen LogP contribution in [0.2, 0.25) is 0 Å². The first-order chi connectivity index (χ1) is 9.95. The number of nitrogens with one attached hydrogen (secondary N) is 1. The molecule has 0 bridgehead atoms. The monoisotopic (exact) mass is 290 g/mol. The molecule has 2 rings (SSSR count). The van der Waals surface area contributed by atoms with Gasteiger partial charge in [0.25, 0.3) is 0 Å². The molecule has 0 spiro atoms. The smallest absolute Gasteiger partial charge is 0.236 e. The third kappa shape index (κ3) is 4.75. The van der Waals surface area contributed by atoms with E-state index in [0.717, 1.165) is 17.8 Å². The lowest BCUT2D eigenvalue weighted by Gasteiger charge is -2.24. The number of hydrogen-bond donors (Lipinski definition) is 3. The van der Waals surface area contributed by atoms with Crippen LogP contribution in [-0.2, 0) is 16.1 Å². The third-order valence-electron chi connectivity index (χ3n) is 3.47. The second-order valence-electron chi connectivity index (χ2n) is 5.56. The largest absolute Gasteiger partial charge is 0.368 e. The Morgan fingerprint density at radius 2 is 1.86 bits per heavy atom. The van der Waals surface area contributed by atoms with Crippen LogP contribution in [0.1, 0.15) is 24.0 Å². The predicted octanol–water partition coefficient (Wildman–Crippen LogP) is 0.0240. The molecule has 1 aromatic rings. The van der Waals surface area contributed by atoms with E-state index in [1.54, 1.807) is 4.90 Å². The van der Waals surface area contributed by atoms with E-state index in [0.29, 0.717) is 6.04 Å². The second kappa shape index (κ2) is 6.58. The standard InChI is InChI=1S/C15H22N4O2/c1-10-6-11(7-18-12-3-4-12)2-5-13(10)19(8-14(16)20)9-15(17)21/h2,5-6,12,18H,3-4,7-9H2,1H3,(H2,16,20)(H2,17,21). The van der Waals surface area contributed by atoms with Gasteiger partial charge >= 0.3 is 0 Å². The molecule has 1 aliphatic rings. The summed E-state index contributed by atoms with van der Waals surface area (Å²) in [5, 5.41) is 3.45. The molecule has 0 saturated heterocycles. The Balaban J connectivity index is 2.10. The molecule has 1 aromatic carbocycles. The minimum atomic E-state index is -0.491. The fourth-order valence-corrected chi connectivity index (χ4v) is 2.33. The molecule has 6 nitrogen and oxygen atoms in total. The average molecular weight is 290 g/mol. The van der Waals surface area contributed by atoms with Gasteiger partial charge in [0, 0.05) is 18.3 Å². The van der Waals surface area contributed by atoms with Crippen molar-refractivity contribution in [2.24, 2.45) is 11.5 Å².